The smallest absolute Gasteiger partial charge is 0.144 e. The molecular weight excluding hydrogens is 408 g/mol. The number of benzene rings is 1. The van der Waals surface area contributed by atoms with Crippen molar-refractivity contribution in [3.05, 3.63) is 46.9 Å². The Kier molecular flexibility index (Phi) is 7.84. The summed E-state index contributed by atoms with van der Waals surface area (Å²) in [6.07, 6.45) is 7.25. The highest BCUT2D eigenvalue weighted by Gasteiger charge is 2.52. The summed E-state index contributed by atoms with van der Waals surface area (Å²) in [7, 11) is 0. The van der Waals surface area contributed by atoms with E-state index in [9.17, 15) is 19.8 Å². The van der Waals surface area contributed by atoms with Crippen molar-refractivity contribution in [2.45, 2.75) is 71.5 Å². The van der Waals surface area contributed by atoms with Gasteiger partial charge in [-0.1, -0.05) is 50.6 Å². The predicted octanol–water partition coefficient (Wildman–Crippen LogP) is 5.02. The summed E-state index contributed by atoms with van der Waals surface area (Å²) in [5.41, 5.74) is 0.495. The van der Waals surface area contributed by atoms with Gasteiger partial charge < -0.3 is 15.0 Å². The van der Waals surface area contributed by atoms with Crippen LogP contribution < -0.4 is 0 Å². The normalized spacial score (nSPS) is 24.3. The Morgan fingerprint density at radius 3 is 2.68 bits per heavy atom. The number of fused-ring (bicyclic) bond motifs is 1. The summed E-state index contributed by atoms with van der Waals surface area (Å²) in [5, 5.41) is 22.6. The zero-order valence-electron chi connectivity index (χ0n) is 18.7. The summed E-state index contributed by atoms with van der Waals surface area (Å²) >= 11 is 1.78. The minimum Gasteiger partial charge on any atom is -0.391 e. The molecule has 1 aliphatic carbocycles. The largest absolute Gasteiger partial charge is 0.391 e. The number of unbranched alkanes of at least 4 members (excludes halogenated alkanes) is 2. The molecule has 0 aliphatic heterocycles. The van der Waals surface area contributed by atoms with Gasteiger partial charge in [-0.05, 0) is 49.6 Å². The molecule has 0 spiro atoms. The van der Waals surface area contributed by atoms with Gasteiger partial charge in [-0.2, -0.15) is 0 Å². The summed E-state index contributed by atoms with van der Waals surface area (Å²) in [5.74, 6) is -0.472. The molecule has 0 radical (unpaired) electrons. The van der Waals surface area contributed by atoms with Crippen LogP contribution in [0.4, 0.5) is 0 Å². The van der Waals surface area contributed by atoms with Gasteiger partial charge in [0.2, 0.25) is 0 Å². The predicted molar refractivity (Wildman–Crippen MR) is 126 cm³/mol. The van der Waals surface area contributed by atoms with Gasteiger partial charge >= 0.3 is 0 Å². The number of carbonyl (C=O) groups excluding carboxylic acids is 2. The summed E-state index contributed by atoms with van der Waals surface area (Å²) in [6, 6.07) is 8.36. The number of ketones is 1. The van der Waals surface area contributed by atoms with Crippen LogP contribution in [0.1, 0.15) is 56.4 Å². The molecule has 1 fully saturated rings. The first-order valence-corrected chi connectivity index (χ1v) is 12.1. The number of hydrogen-bond donors (Lipinski definition) is 2. The first-order valence-electron chi connectivity index (χ1n) is 11.3. The molecule has 5 heteroatoms. The van der Waals surface area contributed by atoms with Crippen molar-refractivity contribution < 1.29 is 19.8 Å². The van der Waals surface area contributed by atoms with Crippen LogP contribution in [0.15, 0.2) is 36.4 Å². The second-order valence-electron chi connectivity index (χ2n) is 9.30. The van der Waals surface area contributed by atoms with Crippen LogP contribution in [0, 0.1) is 24.2 Å². The molecule has 1 aromatic carbocycles. The van der Waals surface area contributed by atoms with Crippen LogP contribution in [0.5, 0.6) is 0 Å². The van der Waals surface area contributed by atoms with Crippen molar-refractivity contribution in [2.24, 2.45) is 17.3 Å². The molecule has 0 amide bonds. The van der Waals surface area contributed by atoms with Crippen LogP contribution in [0.2, 0.25) is 0 Å². The second kappa shape index (κ2) is 10.2. The fraction of sp³-hybridized carbons (Fsp3) is 0.538. The molecule has 4 atom stereocenters. The highest BCUT2D eigenvalue weighted by Crippen LogP contribution is 2.45. The van der Waals surface area contributed by atoms with Gasteiger partial charge in [0.1, 0.15) is 12.1 Å². The summed E-state index contributed by atoms with van der Waals surface area (Å²) < 4.78 is 1.27. The maximum absolute atomic E-state index is 12.9. The maximum Gasteiger partial charge on any atom is 0.144 e. The molecule has 31 heavy (non-hydrogen) atoms. The van der Waals surface area contributed by atoms with Gasteiger partial charge in [0.15, 0.2) is 0 Å². The Morgan fingerprint density at radius 1 is 1.23 bits per heavy atom. The van der Waals surface area contributed by atoms with Crippen LogP contribution in [0.25, 0.3) is 10.1 Å². The van der Waals surface area contributed by atoms with Crippen LogP contribution >= 0.6 is 11.3 Å². The van der Waals surface area contributed by atoms with Crippen LogP contribution in [0.3, 0.4) is 0 Å². The van der Waals surface area contributed by atoms with Crippen molar-refractivity contribution in [3.8, 4) is 0 Å². The third-order valence-corrected chi connectivity index (χ3v) is 8.13. The highest BCUT2D eigenvalue weighted by atomic mass is 32.1. The van der Waals surface area contributed by atoms with Gasteiger partial charge in [-0.3, -0.25) is 4.79 Å². The zero-order valence-corrected chi connectivity index (χ0v) is 19.5. The number of aliphatic hydroxyl groups is 2. The lowest BCUT2D eigenvalue weighted by molar-refractivity contribution is -0.129. The van der Waals surface area contributed by atoms with Crippen molar-refractivity contribution in [3.63, 3.8) is 0 Å². The van der Waals surface area contributed by atoms with Crippen LogP contribution in [-0.2, 0) is 16.0 Å². The number of thiophene rings is 1. The zero-order chi connectivity index (χ0) is 22.6. The average molecular weight is 443 g/mol. The van der Waals surface area contributed by atoms with E-state index in [0.717, 1.165) is 25.5 Å². The Bertz CT molecular complexity index is 942. The van der Waals surface area contributed by atoms with Gasteiger partial charge in [-0.15, -0.1) is 11.3 Å². The number of rotatable bonds is 10. The van der Waals surface area contributed by atoms with Gasteiger partial charge in [0.05, 0.1) is 17.6 Å². The maximum atomic E-state index is 12.9. The van der Waals surface area contributed by atoms with E-state index in [2.05, 4.69) is 25.1 Å². The third-order valence-electron chi connectivity index (χ3n) is 6.79. The quantitative estimate of drug-likeness (QED) is 0.308. The molecule has 0 saturated heterocycles. The van der Waals surface area contributed by atoms with E-state index in [1.165, 1.54) is 20.5 Å². The molecule has 168 valence electrons. The Labute approximate surface area is 189 Å². The lowest BCUT2D eigenvalue weighted by atomic mass is 9.86. The van der Waals surface area contributed by atoms with E-state index >= 15 is 0 Å². The topological polar surface area (TPSA) is 74.6 Å². The number of carbonyl (C=O) groups is 2. The number of aliphatic hydroxyl groups excluding tert-OH is 2. The molecule has 1 aromatic heterocycles. The minimum absolute atomic E-state index is 0.0798. The lowest BCUT2D eigenvalue weighted by Gasteiger charge is -2.22. The van der Waals surface area contributed by atoms with Crippen LogP contribution in [-0.4, -0.2) is 34.5 Å². The molecule has 1 aliphatic rings. The van der Waals surface area contributed by atoms with E-state index in [0.29, 0.717) is 19.3 Å². The molecule has 1 heterocycles. The van der Waals surface area contributed by atoms with E-state index < -0.39 is 17.6 Å². The number of aldehydes is 1. The summed E-state index contributed by atoms with van der Waals surface area (Å²) in [4.78, 5) is 24.7. The molecule has 1 saturated carbocycles. The fourth-order valence-electron chi connectivity index (χ4n) is 4.75. The first-order chi connectivity index (χ1) is 14.8. The SMILES string of the molecule is Cc1c(CCC(O)/C=C/[C@@H]2[C@@H](CCCCC=O)C(=O)C(C)(C)[C@H]2O)sc2ccccc12. The lowest BCUT2D eigenvalue weighted by Crippen LogP contribution is -2.31. The second-order valence-corrected chi connectivity index (χ2v) is 10.4. The van der Waals surface area contributed by atoms with E-state index in [1.807, 2.05) is 12.1 Å². The standard InChI is InChI=1S/C26H34O4S/c1-17-19-9-6-7-11-23(19)31-22(17)15-13-18(28)12-14-21-20(10-5-4-8-16-27)24(29)26(2,3)25(21)30/h6-7,9,11-12,14,16,18,20-21,25,28,30H,4-5,8,10,13,15H2,1-3H3/b14-12+/t18?,20-,21-,25+/m1/s1. The number of Topliss-reactive ketones (excluding diaryl/α,β-unsaturated/α-hetero) is 1. The van der Waals surface area contributed by atoms with Gasteiger partial charge in [0, 0.05) is 27.8 Å². The van der Waals surface area contributed by atoms with Crippen molar-refractivity contribution >= 4 is 33.5 Å². The summed E-state index contributed by atoms with van der Waals surface area (Å²) in [6.45, 7) is 5.73. The molecule has 2 aromatic rings. The van der Waals surface area contributed by atoms with E-state index in [4.69, 9.17) is 0 Å². The molecule has 4 nitrogen and oxygen atoms in total. The fourth-order valence-corrected chi connectivity index (χ4v) is 5.98. The van der Waals surface area contributed by atoms with Crippen molar-refractivity contribution in [1.82, 2.24) is 0 Å². The van der Waals surface area contributed by atoms with Crippen molar-refractivity contribution in [2.75, 3.05) is 0 Å². The number of aryl methyl sites for hydroxylation is 2. The van der Waals surface area contributed by atoms with Gasteiger partial charge in [0.25, 0.3) is 0 Å². The Morgan fingerprint density at radius 2 is 1.97 bits per heavy atom. The monoisotopic (exact) mass is 442 g/mol. The van der Waals surface area contributed by atoms with E-state index in [-0.39, 0.29) is 17.6 Å². The third kappa shape index (κ3) is 5.16. The molecule has 2 N–H and O–H groups in total. The molecule has 3 rings (SSSR count). The van der Waals surface area contributed by atoms with Gasteiger partial charge in [-0.25, -0.2) is 0 Å². The first kappa shape index (κ1) is 23.8. The minimum atomic E-state index is -0.788. The molecular formula is C26H34O4S. The number of hydrogen-bond acceptors (Lipinski definition) is 5. The van der Waals surface area contributed by atoms with E-state index in [1.54, 1.807) is 31.3 Å². The van der Waals surface area contributed by atoms with Crippen molar-refractivity contribution in [1.29, 1.82) is 0 Å². The highest BCUT2D eigenvalue weighted by molar-refractivity contribution is 7.19. The molecule has 1 unspecified atom stereocenters. The Balaban J connectivity index is 1.63. The average Bonchev–Trinajstić information content (AvgIpc) is 3.15. The molecule has 0 bridgehead atoms. The Hall–Kier alpha value is -1.82.